The first kappa shape index (κ1) is 20.0. The third-order valence-electron chi connectivity index (χ3n) is 6.36. The number of likely N-dealkylation sites (tertiary alicyclic amines) is 1. The fourth-order valence-corrected chi connectivity index (χ4v) is 6.03. The Morgan fingerprint density at radius 2 is 1.77 bits per heavy atom. The standard InChI is InChI=1S/C20H26N4O5S/c1-10-5-23(6-11(2)28-10)7-12-9-30-20(21-12)22-15(25)8-24-18(26)16-13-3-4-14(29-13)17(16)19(24)27/h9-11,13-14,16-17H,3-8H2,1-2H3,(H,21,22,25)/t10-,11-,13-,14-,16-,17+/m1/s1. The number of hydrogen-bond acceptors (Lipinski definition) is 8. The van der Waals surface area contributed by atoms with Gasteiger partial charge in [-0.25, -0.2) is 4.98 Å². The Morgan fingerprint density at radius 3 is 2.40 bits per heavy atom. The highest BCUT2D eigenvalue weighted by Gasteiger charge is 2.62. The number of imide groups is 1. The SMILES string of the molecule is C[C@@H]1CN(Cc2csc(NC(=O)CN3C(=O)[C@@H]4[C@H](C3=O)[C@H]3CC[C@H]4O3)n2)C[C@@H](C)O1. The van der Waals surface area contributed by atoms with E-state index < -0.39 is 17.7 Å². The summed E-state index contributed by atoms with van der Waals surface area (Å²) >= 11 is 1.35. The highest BCUT2D eigenvalue weighted by atomic mass is 32.1. The molecule has 0 aliphatic carbocycles. The average Bonchev–Trinajstić information content (AvgIpc) is 3.43. The van der Waals surface area contributed by atoms with Crippen molar-refractivity contribution < 1.29 is 23.9 Å². The van der Waals surface area contributed by atoms with E-state index in [0.717, 1.165) is 36.5 Å². The second-order valence-corrected chi connectivity index (χ2v) is 9.61. The second-order valence-electron chi connectivity index (χ2n) is 8.75. The number of rotatable bonds is 5. The molecule has 0 aromatic carbocycles. The van der Waals surface area contributed by atoms with Crippen LogP contribution in [0.1, 0.15) is 32.4 Å². The molecule has 9 nitrogen and oxygen atoms in total. The van der Waals surface area contributed by atoms with Crippen LogP contribution in [0.2, 0.25) is 0 Å². The van der Waals surface area contributed by atoms with Gasteiger partial charge in [0.15, 0.2) is 5.13 Å². The van der Waals surface area contributed by atoms with Crippen LogP contribution in [0, 0.1) is 11.8 Å². The maximum absolute atomic E-state index is 12.7. The quantitative estimate of drug-likeness (QED) is 0.686. The van der Waals surface area contributed by atoms with Gasteiger partial charge in [-0.1, -0.05) is 0 Å². The molecule has 0 radical (unpaired) electrons. The van der Waals surface area contributed by atoms with Crippen molar-refractivity contribution >= 4 is 34.2 Å². The summed E-state index contributed by atoms with van der Waals surface area (Å²) in [5, 5.41) is 5.14. The molecule has 4 aliphatic rings. The summed E-state index contributed by atoms with van der Waals surface area (Å²) in [5.41, 5.74) is 0.883. The lowest BCUT2D eigenvalue weighted by Gasteiger charge is -2.34. The molecule has 1 aromatic rings. The van der Waals surface area contributed by atoms with Crippen LogP contribution in [0.4, 0.5) is 5.13 Å². The van der Waals surface area contributed by atoms with Crippen molar-refractivity contribution in [2.45, 2.75) is 57.6 Å². The van der Waals surface area contributed by atoms with Gasteiger partial charge in [0.1, 0.15) is 6.54 Å². The molecule has 1 aromatic heterocycles. The van der Waals surface area contributed by atoms with E-state index in [0.29, 0.717) is 11.7 Å². The van der Waals surface area contributed by atoms with E-state index >= 15 is 0 Å². The van der Waals surface area contributed by atoms with E-state index in [9.17, 15) is 14.4 Å². The van der Waals surface area contributed by atoms with Crippen molar-refractivity contribution in [1.82, 2.24) is 14.8 Å². The number of morpholine rings is 1. The fraction of sp³-hybridized carbons (Fsp3) is 0.700. The summed E-state index contributed by atoms with van der Waals surface area (Å²) in [6.45, 7) is 6.23. The van der Waals surface area contributed by atoms with E-state index in [-0.39, 0.29) is 42.8 Å². The molecule has 5 heterocycles. The molecule has 6 atom stereocenters. The largest absolute Gasteiger partial charge is 0.373 e. The summed E-state index contributed by atoms with van der Waals surface area (Å²) < 4.78 is 11.5. The summed E-state index contributed by atoms with van der Waals surface area (Å²) in [5.74, 6) is -1.77. The molecule has 162 valence electrons. The summed E-state index contributed by atoms with van der Waals surface area (Å²) in [4.78, 5) is 45.7. The zero-order chi connectivity index (χ0) is 21.0. The lowest BCUT2D eigenvalue weighted by atomic mass is 9.81. The number of carbonyl (C=O) groups excluding carboxylic acids is 3. The van der Waals surface area contributed by atoms with Crippen LogP contribution in [-0.2, 0) is 30.4 Å². The Bertz CT molecular complexity index is 837. The molecule has 5 rings (SSSR count). The van der Waals surface area contributed by atoms with Crippen LogP contribution in [0.15, 0.2) is 5.38 Å². The first-order chi connectivity index (χ1) is 14.4. The van der Waals surface area contributed by atoms with Crippen LogP contribution in [0.25, 0.3) is 0 Å². The lowest BCUT2D eigenvalue weighted by molar-refractivity contribution is -0.145. The first-order valence-corrected chi connectivity index (χ1v) is 11.4. The topological polar surface area (TPSA) is 101 Å². The number of hydrogen-bond donors (Lipinski definition) is 1. The van der Waals surface area contributed by atoms with Crippen LogP contribution in [0.3, 0.4) is 0 Å². The van der Waals surface area contributed by atoms with Gasteiger partial charge in [0.05, 0.1) is 41.9 Å². The third-order valence-corrected chi connectivity index (χ3v) is 7.16. The molecule has 30 heavy (non-hydrogen) atoms. The van der Waals surface area contributed by atoms with Gasteiger partial charge in [0.25, 0.3) is 0 Å². The predicted octanol–water partition coefficient (Wildman–Crippen LogP) is 0.853. The molecule has 4 fully saturated rings. The molecule has 4 saturated heterocycles. The van der Waals surface area contributed by atoms with E-state index in [1.54, 1.807) is 0 Å². The number of ether oxygens (including phenoxy) is 2. The van der Waals surface area contributed by atoms with Gasteiger partial charge in [0.2, 0.25) is 17.7 Å². The minimum Gasteiger partial charge on any atom is -0.373 e. The Hall–Kier alpha value is -1.88. The summed E-state index contributed by atoms with van der Waals surface area (Å²) in [7, 11) is 0. The number of aromatic nitrogens is 1. The smallest absolute Gasteiger partial charge is 0.246 e. The third kappa shape index (κ3) is 3.55. The van der Waals surface area contributed by atoms with Crippen LogP contribution < -0.4 is 5.32 Å². The normalized spacial score (nSPS) is 35.9. The van der Waals surface area contributed by atoms with Gasteiger partial charge in [-0.2, -0.15) is 0 Å². The molecule has 3 amide bonds. The van der Waals surface area contributed by atoms with Gasteiger partial charge in [-0.05, 0) is 26.7 Å². The predicted molar refractivity (Wildman–Crippen MR) is 108 cm³/mol. The molecule has 0 saturated carbocycles. The zero-order valence-corrected chi connectivity index (χ0v) is 17.9. The maximum Gasteiger partial charge on any atom is 0.246 e. The number of thiazole rings is 1. The molecule has 4 aliphatic heterocycles. The van der Waals surface area contributed by atoms with Crippen molar-refractivity contribution in [2.24, 2.45) is 11.8 Å². The van der Waals surface area contributed by atoms with E-state index in [4.69, 9.17) is 9.47 Å². The van der Waals surface area contributed by atoms with Gasteiger partial charge >= 0.3 is 0 Å². The van der Waals surface area contributed by atoms with E-state index in [1.807, 2.05) is 5.38 Å². The van der Waals surface area contributed by atoms with Crippen molar-refractivity contribution in [2.75, 3.05) is 25.0 Å². The monoisotopic (exact) mass is 434 g/mol. The second kappa shape index (κ2) is 7.67. The van der Waals surface area contributed by atoms with Crippen molar-refractivity contribution in [3.63, 3.8) is 0 Å². The highest BCUT2D eigenvalue weighted by Crippen LogP contribution is 2.48. The number of nitrogens with zero attached hydrogens (tertiary/aromatic N) is 3. The van der Waals surface area contributed by atoms with E-state index in [2.05, 4.69) is 29.0 Å². The maximum atomic E-state index is 12.7. The van der Waals surface area contributed by atoms with Gasteiger partial charge in [-0.15, -0.1) is 11.3 Å². The number of fused-ring (bicyclic) bond motifs is 5. The van der Waals surface area contributed by atoms with Crippen molar-refractivity contribution in [3.05, 3.63) is 11.1 Å². The van der Waals surface area contributed by atoms with Crippen LogP contribution in [0.5, 0.6) is 0 Å². The molecule has 10 heteroatoms. The van der Waals surface area contributed by atoms with Crippen molar-refractivity contribution in [1.29, 1.82) is 0 Å². The van der Waals surface area contributed by atoms with Crippen molar-refractivity contribution in [3.8, 4) is 0 Å². The summed E-state index contributed by atoms with van der Waals surface area (Å²) in [6, 6.07) is 0. The molecule has 0 unspecified atom stereocenters. The van der Waals surface area contributed by atoms with Crippen LogP contribution in [-0.4, -0.2) is 76.6 Å². The molecule has 1 N–H and O–H groups in total. The first-order valence-electron chi connectivity index (χ1n) is 10.5. The number of carbonyl (C=O) groups is 3. The molecule has 0 spiro atoms. The average molecular weight is 435 g/mol. The lowest BCUT2D eigenvalue weighted by Crippen LogP contribution is -2.44. The Labute approximate surface area is 178 Å². The number of anilines is 1. The number of nitrogens with one attached hydrogen (secondary N) is 1. The Balaban J connectivity index is 1.17. The number of amides is 3. The Kier molecular flexibility index (Phi) is 5.12. The molecular weight excluding hydrogens is 408 g/mol. The highest BCUT2D eigenvalue weighted by molar-refractivity contribution is 7.13. The minimum atomic E-state index is -0.408. The Morgan fingerprint density at radius 1 is 1.13 bits per heavy atom. The van der Waals surface area contributed by atoms with Gasteiger partial charge in [-0.3, -0.25) is 24.2 Å². The zero-order valence-electron chi connectivity index (χ0n) is 17.1. The molecular formula is C20H26N4O5S. The van der Waals surface area contributed by atoms with E-state index in [1.165, 1.54) is 11.3 Å². The van der Waals surface area contributed by atoms with Gasteiger partial charge in [0, 0.05) is 25.0 Å². The van der Waals surface area contributed by atoms with Gasteiger partial charge < -0.3 is 14.8 Å². The minimum absolute atomic E-state index is 0.170. The summed E-state index contributed by atoms with van der Waals surface area (Å²) in [6.07, 6.45) is 1.65. The van der Waals surface area contributed by atoms with Crippen LogP contribution >= 0.6 is 11.3 Å². The molecule has 2 bridgehead atoms. The fourth-order valence-electron chi connectivity index (χ4n) is 5.31.